The first-order valence-corrected chi connectivity index (χ1v) is 10.8. The summed E-state index contributed by atoms with van der Waals surface area (Å²) >= 11 is 6.33. The molecule has 1 unspecified atom stereocenters. The average molecular weight is 439 g/mol. The second-order valence-corrected chi connectivity index (χ2v) is 7.80. The van der Waals surface area contributed by atoms with Gasteiger partial charge in [0, 0.05) is 24.3 Å². The molecule has 0 saturated heterocycles. The lowest BCUT2D eigenvalue weighted by Gasteiger charge is -2.36. The molecule has 6 heteroatoms. The van der Waals surface area contributed by atoms with E-state index in [2.05, 4.69) is 46.3 Å². The zero-order valence-electron chi connectivity index (χ0n) is 18.1. The lowest BCUT2D eigenvalue weighted by atomic mass is 9.88. The van der Waals surface area contributed by atoms with E-state index in [9.17, 15) is 0 Å². The van der Waals surface area contributed by atoms with E-state index in [0.29, 0.717) is 11.9 Å². The number of aromatic nitrogens is 1. The lowest BCUT2D eigenvalue weighted by Crippen LogP contribution is -2.35. The molecular weight excluding hydrogens is 412 g/mol. The zero-order valence-corrected chi connectivity index (χ0v) is 18.9. The third-order valence-electron chi connectivity index (χ3n) is 5.93. The number of pyridine rings is 1. The highest BCUT2D eigenvalue weighted by Crippen LogP contribution is 2.39. The predicted octanol–water partition coefficient (Wildman–Crippen LogP) is 5.11. The molecule has 0 N–H and O–H groups in total. The van der Waals surface area contributed by atoms with Crippen LogP contribution in [0.2, 0.25) is 0 Å². The largest absolute Gasteiger partial charge is 0.493 e. The smallest absolute Gasteiger partial charge is 0.221 e. The van der Waals surface area contributed by atoms with Crippen LogP contribution in [0.4, 0.5) is 0 Å². The van der Waals surface area contributed by atoms with Crippen molar-refractivity contribution in [3.8, 4) is 28.5 Å². The highest BCUT2D eigenvalue weighted by Gasteiger charge is 2.28. The number of benzene rings is 2. The van der Waals surface area contributed by atoms with Crippen molar-refractivity contribution in [2.45, 2.75) is 18.9 Å². The Morgan fingerprint density at radius 2 is 1.74 bits per heavy atom. The van der Waals surface area contributed by atoms with Crippen LogP contribution in [-0.2, 0) is 12.8 Å². The van der Waals surface area contributed by atoms with Gasteiger partial charge in [0.05, 0.1) is 27.3 Å². The van der Waals surface area contributed by atoms with Crippen LogP contribution in [0, 0.1) is 0 Å². The number of halogens is 1. The average Bonchev–Trinajstić information content (AvgIpc) is 2.83. The zero-order chi connectivity index (χ0) is 21.8. The lowest BCUT2D eigenvalue weighted by molar-refractivity contribution is 0.215. The summed E-state index contributed by atoms with van der Waals surface area (Å²) < 4.78 is 16.5. The van der Waals surface area contributed by atoms with Gasteiger partial charge in [0.2, 0.25) is 5.88 Å². The number of hydrogen-bond acceptors (Lipinski definition) is 5. The Labute approximate surface area is 188 Å². The quantitative estimate of drug-likeness (QED) is 0.378. The van der Waals surface area contributed by atoms with Crippen molar-refractivity contribution in [3.63, 3.8) is 0 Å². The van der Waals surface area contributed by atoms with Crippen LogP contribution in [0.5, 0.6) is 17.4 Å². The molecule has 0 bridgehead atoms. The summed E-state index contributed by atoms with van der Waals surface area (Å²) in [5.41, 5.74) is 5.86. The molecule has 31 heavy (non-hydrogen) atoms. The number of methoxy groups -OCH3 is 3. The van der Waals surface area contributed by atoms with Gasteiger partial charge < -0.3 is 14.2 Å². The van der Waals surface area contributed by atoms with E-state index in [4.69, 9.17) is 25.8 Å². The van der Waals surface area contributed by atoms with Crippen LogP contribution >= 0.6 is 11.6 Å². The van der Waals surface area contributed by atoms with E-state index < -0.39 is 0 Å². The van der Waals surface area contributed by atoms with Crippen molar-refractivity contribution in [2.24, 2.45) is 0 Å². The van der Waals surface area contributed by atoms with Gasteiger partial charge in [0.15, 0.2) is 11.5 Å². The molecule has 0 spiro atoms. The van der Waals surface area contributed by atoms with Crippen LogP contribution in [0.15, 0.2) is 54.7 Å². The summed E-state index contributed by atoms with van der Waals surface area (Å²) in [4.78, 5) is 6.61. The molecular formula is C25H27ClN2O3. The van der Waals surface area contributed by atoms with Crippen molar-refractivity contribution in [1.29, 1.82) is 0 Å². The van der Waals surface area contributed by atoms with Gasteiger partial charge in [0.1, 0.15) is 0 Å². The van der Waals surface area contributed by atoms with E-state index in [0.717, 1.165) is 42.0 Å². The van der Waals surface area contributed by atoms with E-state index in [1.807, 2.05) is 12.1 Å². The molecule has 0 aliphatic carbocycles. The van der Waals surface area contributed by atoms with Gasteiger partial charge in [0.25, 0.3) is 0 Å². The summed E-state index contributed by atoms with van der Waals surface area (Å²) in [6.45, 7) is 0.918. The van der Waals surface area contributed by atoms with Gasteiger partial charge in [-0.05, 0) is 59.4 Å². The van der Waals surface area contributed by atoms with Crippen LogP contribution in [0.1, 0.15) is 22.7 Å². The van der Waals surface area contributed by atoms with Crippen LogP contribution in [0.25, 0.3) is 11.1 Å². The number of fused-ring (bicyclic) bond motifs is 1. The van der Waals surface area contributed by atoms with Crippen molar-refractivity contribution in [3.05, 3.63) is 71.4 Å². The maximum Gasteiger partial charge on any atom is 0.221 e. The summed E-state index contributed by atoms with van der Waals surface area (Å²) in [5, 5.41) is 0. The van der Waals surface area contributed by atoms with E-state index in [-0.39, 0.29) is 6.04 Å². The topological polar surface area (TPSA) is 43.8 Å². The molecule has 2 aromatic carbocycles. The Kier molecular flexibility index (Phi) is 6.64. The maximum absolute atomic E-state index is 6.33. The molecule has 1 atom stereocenters. The van der Waals surface area contributed by atoms with Crippen molar-refractivity contribution < 1.29 is 14.2 Å². The van der Waals surface area contributed by atoms with Crippen LogP contribution in [0.3, 0.4) is 0 Å². The van der Waals surface area contributed by atoms with Gasteiger partial charge in [-0.2, -0.15) is 0 Å². The normalized spacial score (nSPS) is 15.9. The number of nitrogens with zero attached hydrogens (tertiary/aromatic N) is 2. The van der Waals surface area contributed by atoms with Crippen molar-refractivity contribution in [2.75, 3.05) is 33.9 Å². The summed E-state index contributed by atoms with van der Waals surface area (Å²) in [6, 6.07) is 17.4. The van der Waals surface area contributed by atoms with Gasteiger partial charge in [-0.15, -0.1) is 11.6 Å². The first-order chi connectivity index (χ1) is 15.2. The fourth-order valence-electron chi connectivity index (χ4n) is 4.28. The monoisotopic (exact) mass is 438 g/mol. The fraction of sp³-hybridized carbons (Fsp3) is 0.320. The van der Waals surface area contributed by atoms with E-state index in [1.54, 1.807) is 27.5 Å². The molecule has 1 aromatic heterocycles. The highest BCUT2D eigenvalue weighted by atomic mass is 35.5. The SMILES string of the molecule is COc1cc2c(cc1OC)C(Cc1ccc(-c3cccnc3OC)cc1)N(CCl)CC2. The minimum atomic E-state index is 0.180. The molecule has 3 aromatic rings. The summed E-state index contributed by atoms with van der Waals surface area (Å²) in [7, 11) is 4.99. The van der Waals surface area contributed by atoms with Gasteiger partial charge >= 0.3 is 0 Å². The third-order valence-corrected chi connectivity index (χ3v) is 6.23. The molecule has 162 valence electrons. The van der Waals surface area contributed by atoms with Crippen LogP contribution < -0.4 is 14.2 Å². The molecule has 0 radical (unpaired) electrons. The van der Waals surface area contributed by atoms with Crippen LogP contribution in [-0.4, -0.2) is 43.8 Å². The first-order valence-electron chi connectivity index (χ1n) is 10.3. The Morgan fingerprint density at radius 3 is 2.42 bits per heavy atom. The van der Waals surface area contributed by atoms with Gasteiger partial charge in [-0.3, -0.25) is 4.90 Å². The minimum absolute atomic E-state index is 0.180. The molecule has 0 amide bonds. The van der Waals surface area contributed by atoms with E-state index >= 15 is 0 Å². The predicted molar refractivity (Wildman–Crippen MR) is 123 cm³/mol. The number of rotatable bonds is 7. The Morgan fingerprint density at radius 1 is 1.00 bits per heavy atom. The first kappa shape index (κ1) is 21.5. The van der Waals surface area contributed by atoms with Gasteiger partial charge in [-0.1, -0.05) is 24.3 Å². The molecule has 0 saturated carbocycles. The number of alkyl halides is 1. The molecule has 1 aliphatic heterocycles. The molecule has 4 rings (SSSR count). The Hall–Kier alpha value is -2.76. The molecule has 0 fully saturated rings. The standard InChI is InChI=1S/C25H27ClN2O3/c1-29-23-14-19-10-12-28(16-26)22(21(19)15-24(23)30-2)13-17-6-8-18(9-7-17)20-5-4-11-27-25(20)31-3/h4-9,11,14-15,22H,10,12-13,16H2,1-3H3. The second-order valence-electron chi connectivity index (χ2n) is 7.56. The maximum atomic E-state index is 6.33. The highest BCUT2D eigenvalue weighted by molar-refractivity contribution is 6.17. The number of hydrogen-bond donors (Lipinski definition) is 0. The van der Waals surface area contributed by atoms with Gasteiger partial charge in [-0.25, -0.2) is 4.98 Å². The molecule has 2 heterocycles. The van der Waals surface area contributed by atoms with E-state index in [1.165, 1.54) is 16.7 Å². The summed E-state index contributed by atoms with van der Waals surface area (Å²) in [6.07, 6.45) is 3.54. The number of ether oxygens (including phenoxy) is 3. The molecule has 5 nitrogen and oxygen atoms in total. The van der Waals surface area contributed by atoms with Crippen molar-refractivity contribution in [1.82, 2.24) is 9.88 Å². The Bertz CT molecular complexity index is 1040. The summed E-state index contributed by atoms with van der Waals surface area (Å²) in [5.74, 6) is 2.15. The second kappa shape index (κ2) is 9.58. The van der Waals surface area contributed by atoms with Crippen molar-refractivity contribution >= 4 is 11.6 Å². The molecule has 1 aliphatic rings. The minimum Gasteiger partial charge on any atom is -0.493 e. The third kappa shape index (κ3) is 4.34. The fourth-order valence-corrected chi connectivity index (χ4v) is 4.57. The Balaban J connectivity index is 1.64.